The topological polar surface area (TPSA) is 95.6 Å². The summed E-state index contributed by atoms with van der Waals surface area (Å²) in [5.41, 5.74) is 1.89. The lowest BCUT2D eigenvalue weighted by Crippen LogP contribution is -2.35. The fourth-order valence-electron chi connectivity index (χ4n) is 2.96. The van der Waals surface area contributed by atoms with Crippen molar-refractivity contribution < 1.29 is 18.0 Å². The highest BCUT2D eigenvalue weighted by atomic mass is 32.2. The number of anilines is 2. The highest BCUT2D eigenvalue weighted by Crippen LogP contribution is 2.34. The number of carbonyl (C=O) groups excluding carboxylic acids is 2. The molecule has 0 bridgehead atoms. The first-order valence-corrected chi connectivity index (χ1v) is 11.2. The Balaban J connectivity index is 1.76. The first kappa shape index (κ1) is 20.4. The molecule has 2 aromatic rings. The Morgan fingerprint density at radius 3 is 2.68 bits per heavy atom. The quantitative estimate of drug-likeness (QED) is 0.702. The molecule has 1 aliphatic rings. The van der Waals surface area contributed by atoms with E-state index in [2.05, 4.69) is 10.6 Å². The maximum Gasteiger partial charge on any atom is 0.243 e. The summed E-state index contributed by atoms with van der Waals surface area (Å²) in [6.45, 7) is 1.40. The van der Waals surface area contributed by atoms with E-state index >= 15 is 0 Å². The minimum Gasteiger partial charge on any atom is -0.325 e. The van der Waals surface area contributed by atoms with Crippen molar-refractivity contribution >= 4 is 45.0 Å². The number of likely N-dealkylation sites (N-methyl/N-ethyl adjacent to an activating group) is 1. The molecule has 0 aromatic heterocycles. The Kier molecular flexibility index (Phi) is 5.78. The molecule has 1 atom stereocenters. The molecule has 0 spiro atoms. The second-order valence-electron chi connectivity index (χ2n) is 6.47. The van der Waals surface area contributed by atoms with Crippen LogP contribution in [-0.2, 0) is 19.6 Å². The second kappa shape index (κ2) is 7.94. The number of hydrogen-bond donors (Lipinski definition) is 2. The summed E-state index contributed by atoms with van der Waals surface area (Å²) in [6.07, 6.45) is 1.90. The molecule has 2 N–H and O–H groups in total. The summed E-state index contributed by atoms with van der Waals surface area (Å²) < 4.78 is 26.7. The average Bonchev–Trinajstić information content (AvgIpc) is 2.95. The number of nitrogens with one attached hydrogen (secondary N) is 2. The molecule has 148 valence electrons. The van der Waals surface area contributed by atoms with E-state index in [1.54, 1.807) is 25.1 Å². The zero-order valence-corrected chi connectivity index (χ0v) is 17.4. The molecule has 2 aromatic carbocycles. The summed E-state index contributed by atoms with van der Waals surface area (Å²) in [5.74, 6) is -1.01. The molecule has 0 aliphatic carbocycles. The van der Waals surface area contributed by atoms with Crippen molar-refractivity contribution in [1.82, 2.24) is 4.31 Å². The maximum atomic E-state index is 12.9. The van der Waals surface area contributed by atoms with Gasteiger partial charge >= 0.3 is 0 Å². The number of hydrogen-bond acceptors (Lipinski definition) is 5. The van der Waals surface area contributed by atoms with Crippen LogP contribution in [0.25, 0.3) is 0 Å². The Morgan fingerprint density at radius 2 is 1.96 bits per heavy atom. The van der Waals surface area contributed by atoms with Crippen LogP contribution in [0, 0.1) is 0 Å². The van der Waals surface area contributed by atoms with Crippen LogP contribution in [-0.4, -0.2) is 44.4 Å². The van der Waals surface area contributed by atoms with Crippen LogP contribution < -0.4 is 10.6 Å². The van der Waals surface area contributed by atoms with Gasteiger partial charge in [-0.15, -0.1) is 11.8 Å². The fraction of sp³-hybridized carbons (Fsp3) is 0.263. The van der Waals surface area contributed by atoms with E-state index in [0.717, 1.165) is 9.20 Å². The molecule has 3 rings (SSSR count). The summed E-state index contributed by atoms with van der Waals surface area (Å²) in [4.78, 5) is 25.1. The van der Waals surface area contributed by atoms with Crippen LogP contribution in [0.15, 0.2) is 52.3 Å². The van der Waals surface area contributed by atoms with Crippen molar-refractivity contribution in [3.05, 3.63) is 48.0 Å². The summed E-state index contributed by atoms with van der Waals surface area (Å²) in [5, 5.41) is 5.46. The Morgan fingerprint density at radius 1 is 1.25 bits per heavy atom. The number of rotatable bonds is 6. The molecule has 0 saturated carbocycles. The molecule has 2 amide bonds. The van der Waals surface area contributed by atoms with Crippen molar-refractivity contribution in [2.24, 2.45) is 0 Å². The van der Waals surface area contributed by atoms with Crippen molar-refractivity contribution in [2.45, 2.75) is 22.6 Å². The van der Waals surface area contributed by atoms with Crippen LogP contribution in [0.2, 0.25) is 0 Å². The second-order valence-corrected chi connectivity index (χ2v) is 9.36. The molecule has 0 saturated heterocycles. The smallest absolute Gasteiger partial charge is 0.243 e. The third kappa shape index (κ3) is 3.91. The van der Waals surface area contributed by atoms with Crippen molar-refractivity contribution in [3.63, 3.8) is 0 Å². The third-order valence-corrected chi connectivity index (χ3v) is 7.19. The number of sulfonamides is 1. The van der Waals surface area contributed by atoms with Gasteiger partial charge in [0, 0.05) is 17.6 Å². The van der Waals surface area contributed by atoms with Gasteiger partial charge in [0.15, 0.2) is 0 Å². The molecule has 0 radical (unpaired) electrons. The van der Waals surface area contributed by atoms with Gasteiger partial charge in [0.05, 0.1) is 23.0 Å². The number of thioether (sulfide) groups is 1. The molecule has 1 heterocycles. The van der Waals surface area contributed by atoms with Crippen LogP contribution >= 0.6 is 11.8 Å². The summed E-state index contributed by atoms with van der Waals surface area (Å²) in [6, 6.07) is 11.8. The predicted octanol–water partition coefficient (Wildman–Crippen LogP) is 2.72. The van der Waals surface area contributed by atoms with Gasteiger partial charge < -0.3 is 10.6 Å². The lowest BCUT2D eigenvalue weighted by atomic mass is 10.0. The molecule has 28 heavy (non-hydrogen) atoms. The number of para-hydroxylation sites is 1. The van der Waals surface area contributed by atoms with Crippen molar-refractivity contribution in [3.8, 4) is 0 Å². The van der Waals surface area contributed by atoms with Gasteiger partial charge in [0.25, 0.3) is 0 Å². The monoisotopic (exact) mass is 419 g/mol. The average molecular weight is 420 g/mol. The van der Waals surface area contributed by atoms with Gasteiger partial charge in [0.2, 0.25) is 21.8 Å². The third-order valence-electron chi connectivity index (χ3n) is 4.60. The first-order valence-electron chi connectivity index (χ1n) is 8.58. The molecule has 1 aliphatic heterocycles. The molecular formula is C19H21N3O4S2. The predicted molar refractivity (Wildman–Crippen MR) is 110 cm³/mol. The Labute approximate surface area is 168 Å². The fourth-order valence-corrected chi connectivity index (χ4v) is 4.68. The normalized spacial score (nSPS) is 16.0. The van der Waals surface area contributed by atoms with Gasteiger partial charge in [0.1, 0.15) is 0 Å². The van der Waals surface area contributed by atoms with Crippen molar-refractivity contribution in [2.75, 3.05) is 30.5 Å². The summed E-state index contributed by atoms with van der Waals surface area (Å²) >= 11 is 1.49. The van der Waals surface area contributed by atoms with Crippen LogP contribution in [0.1, 0.15) is 18.4 Å². The number of benzene rings is 2. The van der Waals surface area contributed by atoms with Crippen LogP contribution in [0.3, 0.4) is 0 Å². The van der Waals surface area contributed by atoms with E-state index in [0.29, 0.717) is 16.9 Å². The molecule has 7 nitrogen and oxygen atoms in total. The van der Waals surface area contributed by atoms with Gasteiger partial charge in [-0.1, -0.05) is 12.1 Å². The van der Waals surface area contributed by atoms with Gasteiger partial charge in [-0.25, -0.2) is 8.42 Å². The number of carbonyl (C=O) groups is 2. The number of fused-ring (bicyclic) bond motifs is 1. The van der Waals surface area contributed by atoms with E-state index in [1.807, 2.05) is 18.4 Å². The SMILES string of the molecule is CSc1ccccc1NC(=O)CN(C)S(=O)(=O)c1ccc2c(c1)[C@@H](C)C(=O)N2. The maximum absolute atomic E-state index is 12.9. The first-order chi connectivity index (χ1) is 13.2. The van der Waals surface area contributed by atoms with Gasteiger partial charge in [-0.2, -0.15) is 4.31 Å². The standard InChI is InChI=1S/C19H21N3O4S2/c1-12-14-10-13(8-9-15(14)21-19(12)24)28(25,26)22(2)11-18(23)20-16-6-4-5-7-17(16)27-3/h4-10,12H,11H2,1-3H3,(H,20,23)(H,21,24)/t12-/m1/s1. The van der Waals surface area contributed by atoms with E-state index in [-0.39, 0.29) is 17.3 Å². The lowest BCUT2D eigenvalue weighted by molar-refractivity contribution is -0.117. The highest BCUT2D eigenvalue weighted by Gasteiger charge is 2.30. The molecule has 0 fully saturated rings. The van der Waals surface area contributed by atoms with Crippen LogP contribution in [0.4, 0.5) is 11.4 Å². The minimum absolute atomic E-state index is 0.0504. The summed E-state index contributed by atoms with van der Waals surface area (Å²) in [7, 11) is -2.52. The van der Waals surface area contributed by atoms with E-state index < -0.39 is 21.8 Å². The molecular weight excluding hydrogens is 398 g/mol. The van der Waals surface area contributed by atoms with Crippen molar-refractivity contribution in [1.29, 1.82) is 0 Å². The van der Waals surface area contributed by atoms with Gasteiger partial charge in [-0.3, -0.25) is 9.59 Å². The Bertz CT molecular complexity index is 1040. The van der Waals surface area contributed by atoms with E-state index in [9.17, 15) is 18.0 Å². The van der Waals surface area contributed by atoms with E-state index in [4.69, 9.17) is 0 Å². The van der Waals surface area contributed by atoms with E-state index in [1.165, 1.54) is 30.9 Å². The highest BCUT2D eigenvalue weighted by molar-refractivity contribution is 7.98. The zero-order valence-electron chi connectivity index (χ0n) is 15.7. The largest absolute Gasteiger partial charge is 0.325 e. The minimum atomic E-state index is -3.88. The molecule has 9 heteroatoms. The van der Waals surface area contributed by atoms with Gasteiger partial charge in [-0.05, 0) is 49.1 Å². The Hall–Kier alpha value is -2.36. The molecule has 0 unspecified atom stereocenters. The number of amides is 2. The zero-order chi connectivity index (χ0) is 20.5. The van der Waals surface area contributed by atoms with Crippen LogP contribution in [0.5, 0.6) is 0 Å². The number of nitrogens with zero attached hydrogens (tertiary/aromatic N) is 1. The lowest BCUT2D eigenvalue weighted by Gasteiger charge is -2.18.